The van der Waals surface area contributed by atoms with Gasteiger partial charge in [-0.15, -0.1) is 0 Å². The van der Waals surface area contributed by atoms with Crippen molar-refractivity contribution in [1.82, 2.24) is 5.32 Å². The molecule has 0 radical (unpaired) electrons. The molecule has 3 nitrogen and oxygen atoms in total. The summed E-state index contributed by atoms with van der Waals surface area (Å²) >= 11 is 3.25. The van der Waals surface area contributed by atoms with Gasteiger partial charge in [-0.3, -0.25) is 0 Å². The van der Waals surface area contributed by atoms with E-state index < -0.39 is 15.9 Å². The quantitative estimate of drug-likeness (QED) is 0.858. The van der Waals surface area contributed by atoms with Crippen LogP contribution in [0.25, 0.3) is 0 Å². The summed E-state index contributed by atoms with van der Waals surface area (Å²) in [5.41, 5.74) is 0.401. The largest absolute Gasteiger partial charge is 0.308 e. The molecule has 1 unspecified atom stereocenters. The third-order valence-electron chi connectivity index (χ3n) is 2.56. The van der Waals surface area contributed by atoms with Crippen LogP contribution in [-0.4, -0.2) is 26.5 Å². The summed E-state index contributed by atoms with van der Waals surface area (Å²) in [6.45, 7) is 0.374. The first-order valence-electron chi connectivity index (χ1n) is 4.87. The van der Waals surface area contributed by atoms with E-state index in [-0.39, 0.29) is 17.3 Å². The van der Waals surface area contributed by atoms with Gasteiger partial charge < -0.3 is 5.32 Å². The molecule has 16 heavy (non-hydrogen) atoms. The van der Waals surface area contributed by atoms with Crippen LogP contribution in [0.3, 0.4) is 0 Å². The molecule has 1 N–H and O–H groups in total. The highest BCUT2D eigenvalue weighted by Crippen LogP contribution is 2.24. The van der Waals surface area contributed by atoms with E-state index in [0.29, 0.717) is 12.1 Å². The molecule has 1 heterocycles. The van der Waals surface area contributed by atoms with Crippen LogP contribution in [0.1, 0.15) is 11.6 Å². The number of halogens is 2. The Hall–Kier alpha value is -0.460. The maximum atomic E-state index is 13.6. The average Bonchev–Trinajstić information content (AvgIpc) is 2.20. The second-order valence-electron chi connectivity index (χ2n) is 3.79. The molecule has 2 rings (SSSR count). The van der Waals surface area contributed by atoms with Crippen molar-refractivity contribution in [3.8, 4) is 0 Å². The molecule has 0 aliphatic carbocycles. The molecule has 0 saturated carbocycles. The van der Waals surface area contributed by atoms with Crippen molar-refractivity contribution in [2.75, 3.05) is 18.1 Å². The van der Waals surface area contributed by atoms with Crippen molar-refractivity contribution in [3.63, 3.8) is 0 Å². The summed E-state index contributed by atoms with van der Waals surface area (Å²) in [6.07, 6.45) is 0. The van der Waals surface area contributed by atoms with E-state index in [0.717, 1.165) is 4.47 Å². The van der Waals surface area contributed by atoms with Gasteiger partial charge in [-0.05, 0) is 18.2 Å². The number of nitrogens with one attached hydrogen (secondary N) is 1. The molecule has 1 aliphatic heterocycles. The maximum Gasteiger partial charge on any atom is 0.153 e. The SMILES string of the molecule is O=S1(=O)CCNC(c2cc(Br)ccc2F)C1. The smallest absolute Gasteiger partial charge is 0.153 e. The van der Waals surface area contributed by atoms with Crippen LogP contribution in [-0.2, 0) is 9.84 Å². The molecule has 0 amide bonds. The number of benzene rings is 1. The number of hydrogen-bond donors (Lipinski definition) is 1. The molecule has 1 saturated heterocycles. The topological polar surface area (TPSA) is 46.2 Å². The summed E-state index contributed by atoms with van der Waals surface area (Å²) in [6, 6.07) is 4.10. The van der Waals surface area contributed by atoms with E-state index in [4.69, 9.17) is 0 Å². The van der Waals surface area contributed by atoms with Gasteiger partial charge in [0.05, 0.1) is 11.5 Å². The van der Waals surface area contributed by atoms with Crippen LogP contribution in [0, 0.1) is 5.82 Å². The van der Waals surface area contributed by atoms with Crippen molar-refractivity contribution >= 4 is 25.8 Å². The average molecular weight is 308 g/mol. The first-order chi connectivity index (χ1) is 7.48. The monoisotopic (exact) mass is 307 g/mol. The lowest BCUT2D eigenvalue weighted by atomic mass is 10.1. The van der Waals surface area contributed by atoms with E-state index in [9.17, 15) is 12.8 Å². The lowest BCUT2D eigenvalue weighted by Gasteiger charge is -2.24. The van der Waals surface area contributed by atoms with Crippen LogP contribution < -0.4 is 5.32 Å². The Morgan fingerprint density at radius 3 is 2.88 bits per heavy atom. The normalized spacial score (nSPS) is 24.2. The summed E-state index contributed by atoms with van der Waals surface area (Å²) in [7, 11) is -3.05. The summed E-state index contributed by atoms with van der Waals surface area (Å²) in [5.74, 6) is -0.294. The van der Waals surface area contributed by atoms with Gasteiger partial charge in [-0.25, -0.2) is 12.8 Å². The molecule has 88 valence electrons. The van der Waals surface area contributed by atoms with Crippen LogP contribution >= 0.6 is 15.9 Å². The van der Waals surface area contributed by atoms with Gasteiger partial charge in [0.1, 0.15) is 5.82 Å². The minimum Gasteiger partial charge on any atom is -0.308 e. The molecule has 6 heteroatoms. The molecule has 1 aliphatic rings. The zero-order valence-electron chi connectivity index (χ0n) is 8.41. The van der Waals surface area contributed by atoms with Gasteiger partial charge in [0, 0.05) is 22.6 Å². The van der Waals surface area contributed by atoms with Crippen LogP contribution in [0.2, 0.25) is 0 Å². The Morgan fingerprint density at radius 2 is 2.19 bits per heavy atom. The lowest BCUT2D eigenvalue weighted by Crippen LogP contribution is -2.39. The second kappa shape index (κ2) is 4.43. The third-order valence-corrected chi connectivity index (χ3v) is 4.72. The van der Waals surface area contributed by atoms with Gasteiger partial charge in [0.25, 0.3) is 0 Å². The molecule has 1 aromatic rings. The fraction of sp³-hybridized carbons (Fsp3) is 0.400. The van der Waals surface area contributed by atoms with Gasteiger partial charge in [0.2, 0.25) is 0 Å². The van der Waals surface area contributed by atoms with E-state index >= 15 is 0 Å². The van der Waals surface area contributed by atoms with Gasteiger partial charge in [0.15, 0.2) is 9.84 Å². The minimum atomic E-state index is -3.05. The Bertz CT molecular complexity index is 504. The van der Waals surface area contributed by atoms with E-state index in [1.54, 1.807) is 12.1 Å². The van der Waals surface area contributed by atoms with Gasteiger partial charge in [-0.1, -0.05) is 15.9 Å². The van der Waals surface area contributed by atoms with E-state index in [1.807, 2.05) is 0 Å². The van der Waals surface area contributed by atoms with Crippen molar-refractivity contribution in [3.05, 3.63) is 34.1 Å². The highest BCUT2D eigenvalue weighted by atomic mass is 79.9. The zero-order valence-corrected chi connectivity index (χ0v) is 10.8. The Balaban J connectivity index is 2.33. The summed E-state index contributed by atoms with van der Waals surface area (Å²) in [5, 5.41) is 3.02. The highest BCUT2D eigenvalue weighted by Gasteiger charge is 2.27. The Morgan fingerprint density at radius 1 is 1.44 bits per heavy atom. The zero-order chi connectivity index (χ0) is 11.8. The number of rotatable bonds is 1. The second-order valence-corrected chi connectivity index (χ2v) is 6.93. The van der Waals surface area contributed by atoms with Crippen molar-refractivity contribution in [2.24, 2.45) is 0 Å². The summed E-state index contributed by atoms with van der Waals surface area (Å²) in [4.78, 5) is 0. The predicted octanol–water partition coefficient (Wildman–Crippen LogP) is 1.65. The maximum absolute atomic E-state index is 13.6. The molecular formula is C10H11BrFNO2S. The highest BCUT2D eigenvalue weighted by molar-refractivity contribution is 9.10. The first-order valence-corrected chi connectivity index (χ1v) is 7.48. The molecular weight excluding hydrogens is 297 g/mol. The standard InChI is InChI=1S/C10H11BrFNO2S/c11-7-1-2-9(12)8(5-7)10-6-16(14,15)4-3-13-10/h1-2,5,10,13H,3-4,6H2. The van der Waals surface area contributed by atoms with E-state index in [1.165, 1.54) is 6.07 Å². The van der Waals surface area contributed by atoms with Crippen LogP contribution in [0.4, 0.5) is 4.39 Å². The summed E-state index contributed by atoms with van der Waals surface area (Å²) < 4.78 is 37.2. The molecule has 1 atom stereocenters. The lowest BCUT2D eigenvalue weighted by molar-refractivity contribution is 0.508. The van der Waals surface area contributed by atoms with Crippen LogP contribution in [0.5, 0.6) is 0 Å². The molecule has 1 fully saturated rings. The number of sulfone groups is 1. The van der Waals surface area contributed by atoms with Gasteiger partial charge in [-0.2, -0.15) is 0 Å². The fourth-order valence-corrected chi connectivity index (χ4v) is 3.55. The van der Waals surface area contributed by atoms with E-state index in [2.05, 4.69) is 21.2 Å². The van der Waals surface area contributed by atoms with Crippen molar-refractivity contribution in [1.29, 1.82) is 0 Å². The van der Waals surface area contributed by atoms with Gasteiger partial charge >= 0.3 is 0 Å². The van der Waals surface area contributed by atoms with Crippen molar-refractivity contribution < 1.29 is 12.8 Å². The number of hydrogen-bond acceptors (Lipinski definition) is 3. The molecule has 0 spiro atoms. The predicted molar refractivity (Wildman–Crippen MR) is 63.5 cm³/mol. The third kappa shape index (κ3) is 2.61. The fourth-order valence-electron chi connectivity index (χ4n) is 1.77. The minimum absolute atomic E-state index is 0.0413. The molecule has 0 aromatic heterocycles. The Kier molecular flexibility index (Phi) is 3.32. The Labute approximate surface area is 102 Å². The van der Waals surface area contributed by atoms with Crippen molar-refractivity contribution in [2.45, 2.75) is 6.04 Å². The van der Waals surface area contributed by atoms with Crippen LogP contribution in [0.15, 0.2) is 22.7 Å². The molecule has 1 aromatic carbocycles. The molecule has 0 bridgehead atoms. The first kappa shape index (κ1) is 12.0.